The molecule has 4 aromatic rings. The number of hydrogen-bond acceptors (Lipinski definition) is 5. The summed E-state index contributed by atoms with van der Waals surface area (Å²) in [5.41, 5.74) is 2.81. The van der Waals surface area contributed by atoms with Gasteiger partial charge in [-0.05, 0) is 45.8 Å². The van der Waals surface area contributed by atoms with Crippen molar-refractivity contribution in [2.75, 3.05) is 5.32 Å². The van der Waals surface area contributed by atoms with E-state index in [0.717, 1.165) is 11.1 Å². The number of rotatable bonds is 4. The third-order valence-electron chi connectivity index (χ3n) is 3.70. The van der Waals surface area contributed by atoms with Gasteiger partial charge in [-0.25, -0.2) is 0 Å². The molecule has 0 aliphatic rings. The highest BCUT2D eigenvalue weighted by Crippen LogP contribution is 2.27. The number of halogens is 1. The SMILES string of the molecule is Clc1ccc(C(Nc2ccc3nnnn3n2)c2ccccc2)cc1. The summed E-state index contributed by atoms with van der Waals surface area (Å²) < 4.78 is 1.40. The first-order valence-corrected chi connectivity index (χ1v) is 7.80. The molecule has 1 unspecified atom stereocenters. The topological polar surface area (TPSA) is 68.0 Å². The van der Waals surface area contributed by atoms with Gasteiger partial charge in [-0.2, -0.15) is 0 Å². The maximum Gasteiger partial charge on any atom is 0.200 e. The normalized spacial score (nSPS) is 12.2. The Morgan fingerprint density at radius 2 is 1.62 bits per heavy atom. The Morgan fingerprint density at radius 1 is 0.875 bits per heavy atom. The lowest BCUT2D eigenvalue weighted by atomic mass is 9.99. The van der Waals surface area contributed by atoms with Crippen LogP contribution in [-0.2, 0) is 0 Å². The number of benzene rings is 2. The lowest BCUT2D eigenvalue weighted by Crippen LogP contribution is -2.14. The van der Waals surface area contributed by atoms with Gasteiger partial charge < -0.3 is 5.32 Å². The molecule has 0 aliphatic heterocycles. The minimum atomic E-state index is -0.0649. The van der Waals surface area contributed by atoms with Crippen molar-refractivity contribution in [3.05, 3.63) is 82.9 Å². The van der Waals surface area contributed by atoms with Crippen molar-refractivity contribution in [2.45, 2.75) is 6.04 Å². The molecule has 2 aromatic carbocycles. The number of nitrogens with one attached hydrogen (secondary N) is 1. The van der Waals surface area contributed by atoms with Crippen LogP contribution in [0.3, 0.4) is 0 Å². The summed E-state index contributed by atoms with van der Waals surface area (Å²) in [6, 6.07) is 21.5. The largest absolute Gasteiger partial charge is 0.358 e. The predicted molar refractivity (Wildman–Crippen MR) is 91.9 cm³/mol. The van der Waals surface area contributed by atoms with E-state index < -0.39 is 0 Å². The smallest absolute Gasteiger partial charge is 0.200 e. The average Bonchev–Trinajstić information content (AvgIpc) is 3.09. The van der Waals surface area contributed by atoms with Gasteiger partial charge in [0.15, 0.2) is 5.65 Å². The number of fused-ring (bicyclic) bond motifs is 1. The van der Waals surface area contributed by atoms with Crippen molar-refractivity contribution in [1.82, 2.24) is 25.3 Å². The Labute approximate surface area is 143 Å². The zero-order valence-corrected chi connectivity index (χ0v) is 13.3. The first-order valence-electron chi connectivity index (χ1n) is 7.42. The Bertz CT molecular complexity index is 952. The van der Waals surface area contributed by atoms with Crippen LogP contribution in [0.2, 0.25) is 5.02 Å². The van der Waals surface area contributed by atoms with Gasteiger partial charge in [0.2, 0.25) is 0 Å². The number of tetrazole rings is 1. The van der Waals surface area contributed by atoms with E-state index in [1.165, 1.54) is 4.63 Å². The van der Waals surface area contributed by atoms with Crippen molar-refractivity contribution >= 4 is 23.1 Å². The Morgan fingerprint density at radius 3 is 2.42 bits per heavy atom. The van der Waals surface area contributed by atoms with Crippen LogP contribution < -0.4 is 5.32 Å². The Hall–Kier alpha value is -2.99. The van der Waals surface area contributed by atoms with E-state index >= 15 is 0 Å². The summed E-state index contributed by atoms with van der Waals surface area (Å²) in [6.45, 7) is 0. The van der Waals surface area contributed by atoms with E-state index in [9.17, 15) is 0 Å². The van der Waals surface area contributed by atoms with E-state index in [1.54, 1.807) is 0 Å². The van der Waals surface area contributed by atoms with Crippen LogP contribution in [-0.4, -0.2) is 25.3 Å². The van der Waals surface area contributed by atoms with Crippen molar-refractivity contribution < 1.29 is 0 Å². The molecule has 0 saturated carbocycles. The van der Waals surface area contributed by atoms with Gasteiger partial charge in [-0.15, -0.1) is 14.8 Å². The fourth-order valence-electron chi connectivity index (χ4n) is 2.53. The van der Waals surface area contributed by atoms with Crippen LogP contribution in [0, 0.1) is 0 Å². The average molecular weight is 337 g/mol. The van der Waals surface area contributed by atoms with E-state index in [2.05, 4.69) is 38.1 Å². The molecule has 24 heavy (non-hydrogen) atoms. The summed E-state index contributed by atoms with van der Waals surface area (Å²) in [5.74, 6) is 0.679. The summed E-state index contributed by atoms with van der Waals surface area (Å²) in [7, 11) is 0. The fraction of sp³-hybridized carbons (Fsp3) is 0.0588. The van der Waals surface area contributed by atoms with Crippen LogP contribution in [0.5, 0.6) is 0 Å². The third-order valence-corrected chi connectivity index (χ3v) is 3.95. The lowest BCUT2D eigenvalue weighted by molar-refractivity contribution is 0.730. The number of aromatic nitrogens is 5. The molecule has 0 amide bonds. The molecule has 2 aromatic heterocycles. The molecule has 0 radical (unpaired) electrons. The molecule has 6 nitrogen and oxygen atoms in total. The molecule has 0 spiro atoms. The second kappa shape index (κ2) is 6.25. The molecule has 0 fully saturated rings. The third kappa shape index (κ3) is 2.91. The molecule has 0 aliphatic carbocycles. The molecule has 1 N–H and O–H groups in total. The second-order valence-corrected chi connectivity index (χ2v) is 5.72. The molecule has 7 heteroatoms. The van der Waals surface area contributed by atoms with Gasteiger partial charge in [-0.1, -0.05) is 54.1 Å². The Kier molecular flexibility index (Phi) is 3.80. The standard InChI is InChI=1S/C17H13ClN6/c18-14-8-6-13(7-9-14)17(12-4-2-1-3-5-12)19-15-10-11-16-20-22-23-24(16)21-15/h1-11,17H,(H,19,21). The van der Waals surface area contributed by atoms with Crippen molar-refractivity contribution in [3.63, 3.8) is 0 Å². The van der Waals surface area contributed by atoms with E-state index in [0.29, 0.717) is 16.5 Å². The summed E-state index contributed by atoms with van der Waals surface area (Å²) in [5, 5.41) is 19.8. The molecular formula is C17H13ClN6. The summed E-state index contributed by atoms with van der Waals surface area (Å²) in [4.78, 5) is 0. The van der Waals surface area contributed by atoms with Gasteiger partial charge in [0.25, 0.3) is 0 Å². The quantitative estimate of drug-likeness (QED) is 0.619. The molecular weight excluding hydrogens is 324 g/mol. The molecule has 0 bridgehead atoms. The first-order chi connectivity index (χ1) is 11.8. The van der Waals surface area contributed by atoms with Crippen LogP contribution in [0.1, 0.15) is 17.2 Å². The van der Waals surface area contributed by atoms with E-state index in [4.69, 9.17) is 11.6 Å². The zero-order chi connectivity index (χ0) is 16.4. The molecule has 1 atom stereocenters. The number of nitrogens with zero attached hydrogens (tertiary/aromatic N) is 5. The summed E-state index contributed by atoms with van der Waals surface area (Å²) >= 11 is 6.02. The predicted octanol–water partition coefficient (Wildman–Crippen LogP) is 3.37. The van der Waals surface area contributed by atoms with Crippen LogP contribution >= 0.6 is 11.6 Å². The zero-order valence-electron chi connectivity index (χ0n) is 12.5. The lowest BCUT2D eigenvalue weighted by Gasteiger charge is -2.20. The van der Waals surface area contributed by atoms with E-state index in [1.807, 2.05) is 54.6 Å². The maximum atomic E-state index is 6.02. The van der Waals surface area contributed by atoms with Crippen molar-refractivity contribution in [1.29, 1.82) is 0 Å². The highest BCUT2D eigenvalue weighted by molar-refractivity contribution is 6.30. The second-order valence-electron chi connectivity index (χ2n) is 5.28. The molecule has 118 valence electrons. The van der Waals surface area contributed by atoms with Crippen LogP contribution in [0.15, 0.2) is 66.7 Å². The molecule has 2 heterocycles. The number of anilines is 1. The highest BCUT2D eigenvalue weighted by Gasteiger charge is 2.15. The van der Waals surface area contributed by atoms with Crippen LogP contribution in [0.4, 0.5) is 5.82 Å². The number of hydrogen-bond donors (Lipinski definition) is 1. The highest BCUT2D eigenvalue weighted by atomic mass is 35.5. The van der Waals surface area contributed by atoms with Gasteiger partial charge >= 0.3 is 0 Å². The van der Waals surface area contributed by atoms with Gasteiger partial charge in [0.1, 0.15) is 5.82 Å². The molecule has 4 rings (SSSR count). The van der Waals surface area contributed by atoms with E-state index in [-0.39, 0.29) is 6.04 Å². The van der Waals surface area contributed by atoms with Gasteiger partial charge in [-0.3, -0.25) is 0 Å². The fourth-order valence-corrected chi connectivity index (χ4v) is 2.66. The molecule has 0 saturated heterocycles. The van der Waals surface area contributed by atoms with Gasteiger partial charge in [0, 0.05) is 5.02 Å². The van der Waals surface area contributed by atoms with Gasteiger partial charge in [0.05, 0.1) is 6.04 Å². The maximum absolute atomic E-state index is 6.02. The minimum Gasteiger partial charge on any atom is -0.358 e. The monoisotopic (exact) mass is 336 g/mol. The Balaban J connectivity index is 1.73. The van der Waals surface area contributed by atoms with Crippen LogP contribution in [0.25, 0.3) is 5.65 Å². The van der Waals surface area contributed by atoms with Crippen molar-refractivity contribution in [3.8, 4) is 0 Å². The summed E-state index contributed by atoms with van der Waals surface area (Å²) in [6.07, 6.45) is 0. The first kappa shape index (κ1) is 14.6. The van der Waals surface area contributed by atoms with Crippen molar-refractivity contribution in [2.24, 2.45) is 0 Å². The minimum absolute atomic E-state index is 0.0649.